The van der Waals surface area contributed by atoms with E-state index in [1.165, 1.54) is 18.5 Å². The number of nitrogens with one attached hydrogen (secondary N) is 1. The maximum absolute atomic E-state index is 11.9. The van der Waals surface area contributed by atoms with Gasteiger partial charge in [0.15, 0.2) is 0 Å². The zero-order chi connectivity index (χ0) is 12.3. The predicted octanol–water partition coefficient (Wildman–Crippen LogP) is 1.08. The van der Waals surface area contributed by atoms with Crippen LogP contribution in [0.1, 0.15) is 29.6 Å². The minimum Gasteiger partial charge on any atom is -0.506 e. The lowest BCUT2D eigenvalue weighted by molar-refractivity contribution is 0.0722. The summed E-state index contributed by atoms with van der Waals surface area (Å²) in [4.78, 5) is 15.7. The highest BCUT2D eigenvalue weighted by molar-refractivity contribution is 5.94. The maximum atomic E-state index is 11.9. The van der Waals surface area contributed by atoms with Crippen molar-refractivity contribution in [2.24, 2.45) is 0 Å². The molecule has 1 aliphatic carbocycles. The molecule has 1 fully saturated rings. The van der Waals surface area contributed by atoms with Crippen molar-refractivity contribution in [3.8, 4) is 5.75 Å². The molecule has 2 rings (SSSR count). The summed E-state index contributed by atoms with van der Waals surface area (Å²) < 4.78 is 5.30. The summed E-state index contributed by atoms with van der Waals surface area (Å²) >= 11 is 0. The first-order valence-electron chi connectivity index (χ1n) is 5.68. The average Bonchev–Trinajstić information content (AvgIpc) is 2.76. The Kier molecular flexibility index (Phi) is 3.58. The first-order chi connectivity index (χ1) is 8.20. The number of ether oxygens (including phenoxy) is 1. The maximum Gasteiger partial charge on any atom is 0.253 e. The number of rotatable bonds is 3. The van der Waals surface area contributed by atoms with Crippen LogP contribution in [0.2, 0.25) is 0 Å². The van der Waals surface area contributed by atoms with Crippen molar-refractivity contribution in [1.82, 2.24) is 10.3 Å². The van der Waals surface area contributed by atoms with Crippen LogP contribution in [0.5, 0.6) is 5.75 Å². The SMILES string of the molecule is COC1CCCC1NC(=O)c1cncc(O)c1. The molecular formula is C12H16N2O3. The second kappa shape index (κ2) is 5.14. The zero-order valence-electron chi connectivity index (χ0n) is 9.72. The summed E-state index contributed by atoms with van der Waals surface area (Å²) in [5.74, 6) is -0.227. The predicted molar refractivity (Wildman–Crippen MR) is 61.8 cm³/mol. The van der Waals surface area contributed by atoms with E-state index in [4.69, 9.17) is 4.74 Å². The molecule has 1 aromatic heterocycles. The molecule has 0 saturated heterocycles. The second-order valence-corrected chi connectivity index (χ2v) is 4.22. The summed E-state index contributed by atoms with van der Waals surface area (Å²) in [6.45, 7) is 0. The molecule has 0 bridgehead atoms. The van der Waals surface area contributed by atoms with Crippen molar-refractivity contribution in [1.29, 1.82) is 0 Å². The first-order valence-corrected chi connectivity index (χ1v) is 5.68. The van der Waals surface area contributed by atoms with E-state index in [1.807, 2.05) is 0 Å². The van der Waals surface area contributed by atoms with Gasteiger partial charge in [-0.05, 0) is 25.3 Å². The van der Waals surface area contributed by atoms with E-state index in [2.05, 4.69) is 10.3 Å². The third-order valence-electron chi connectivity index (χ3n) is 3.06. The Labute approximate surface area is 99.8 Å². The molecule has 0 aromatic carbocycles. The van der Waals surface area contributed by atoms with Gasteiger partial charge >= 0.3 is 0 Å². The van der Waals surface area contributed by atoms with Gasteiger partial charge in [0.05, 0.1) is 23.9 Å². The minimum absolute atomic E-state index is 0.00707. The van der Waals surface area contributed by atoms with Gasteiger partial charge < -0.3 is 15.2 Å². The van der Waals surface area contributed by atoms with Crippen LogP contribution in [0.3, 0.4) is 0 Å². The molecule has 1 aromatic rings. The van der Waals surface area contributed by atoms with E-state index in [1.54, 1.807) is 7.11 Å². The normalized spacial score (nSPS) is 23.6. The van der Waals surface area contributed by atoms with Crippen molar-refractivity contribution in [3.63, 3.8) is 0 Å². The number of pyridine rings is 1. The topological polar surface area (TPSA) is 71.5 Å². The van der Waals surface area contributed by atoms with Gasteiger partial charge in [0.2, 0.25) is 0 Å². The van der Waals surface area contributed by atoms with Crippen molar-refractivity contribution in [2.75, 3.05) is 7.11 Å². The van der Waals surface area contributed by atoms with Crippen LogP contribution in [0, 0.1) is 0 Å². The number of methoxy groups -OCH3 is 1. The van der Waals surface area contributed by atoms with Crippen molar-refractivity contribution in [2.45, 2.75) is 31.4 Å². The monoisotopic (exact) mass is 236 g/mol. The molecule has 0 radical (unpaired) electrons. The summed E-state index contributed by atoms with van der Waals surface area (Å²) in [5.41, 5.74) is 0.367. The van der Waals surface area contributed by atoms with Gasteiger partial charge in [0.1, 0.15) is 5.75 Å². The molecule has 92 valence electrons. The summed E-state index contributed by atoms with van der Waals surface area (Å²) in [6.07, 6.45) is 5.78. The third-order valence-corrected chi connectivity index (χ3v) is 3.06. The number of hydrogen-bond acceptors (Lipinski definition) is 4. The number of carbonyl (C=O) groups excluding carboxylic acids is 1. The van der Waals surface area contributed by atoms with Crippen LogP contribution in [0.4, 0.5) is 0 Å². The Morgan fingerprint density at radius 1 is 1.53 bits per heavy atom. The van der Waals surface area contributed by atoms with E-state index in [9.17, 15) is 9.90 Å². The highest BCUT2D eigenvalue weighted by atomic mass is 16.5. The van der Waals surface area contributed by atoms with Gasteiger partial charge in [-0.15, -0.1) is 0 Å². The molecule has 5 nitrogen and oxygen atoms in total. The Hall–Kier alpha value is -1.62. The van der Waals surface area contributed by atoms with Crippen LogP contribution < -0.4 is 5.32 Å². The second-order valence-electron chi connectivity index (χ2n) is 4.22. The fourth-order valence-electron chi connectivity index (χ4n) is 2.18. The summed E-state index contributed by atoms with van der Waals surface area (Å²) in [5, 5.41) is 12.2. The lowest BCUT2D eigenvalue weighted by atomic mass is 10.2. The molecule has 1 heterocycles. The third kappa shape index (κ3) is 2.74. The molecular weight excluding hydrogens is 220 g/mol. The fourth-order valence-corrected chi connectivity index (χ4v) is 2.18. The molecule has 1 aliphatic rings. The summed E-state index contributed by atoms with van der Waals surface area (Å²) in [7, 11) is 1.66. The quantitative estimate of drug-likeness (QED) is 0.824. The van der Waals surface area contributed by atoms with Gasteiger partial charge in [-0.1, -0.05) is 0 Å². The van der Waals surface area contributed by atoms with E-state index >= 15 is 0 Å². The molecule has 2 N–H and O–H groups in total. The lowest BCUT2D eigenvalue weighted by Gasteiger charge is -2.19. The van der Waals surface area contributed by atoms with E-state index in [0.29, 0.717) is 5.56 Å². The zero-order valence-corrected chi connectivity index (χ0v) is 9.72. The number of nitrogens with zero attached hydrogens (tertiary/aromatic N) is 1. The average molecular weight is 236 g/mol. The first kappa shape index (κ1) is 11.9. The Balaban J connectivity index is 2.01. The molecule has 2 atom stereocenters. The van der Waals surface area contributed by atoms with Gasteiger partial charge in [-0.3, -0.25) is 9.78 Å². The van der Waals surface area contributed by atoms with Crippen molar-refractivity contribution < 1.29 is 14.6 Å². The van der Waals surface area contributed by atoms with E-state index < -0.39 is 0 Å². The highest BCUT2D eigenvalue weighted by Gasteiger charge is 2.28. The largest absolute Gasteiger partial charge is 0.506 e. The Morgan fingerprint density at radius 2 is 2.35 bits per heavy atom. The number of amides is 1. The van der Waals surface area contributed by atoms with Crippen LogP contribution >= 0.6 is 0 Å². The Morgan fingerprint density at radius 3 is 3.06 bits per heavy atom. The number of aromatic hydroxyl groups is 1. The van der Waals surface area contributed by atoms with Crippen LogP contribution in [0.25, 0.3) is 0 Å². The highest BCUT2D eigenvalue weighted by Crippen LogP contribution is 2.22. The molecule has 2 unspecified atom stereocenters. The number of aromatic nitrogens is 1. The van der Waals surface area contributed by atoms with Crippen LogP contribution in [-0.4, -0.2) is 35.3 Å². The molecule has 0 spiro atoms. The van der Waals surface area contributed by atoms with Crippen molar-refractivity contribution >= 4 is 5.91 Å². The standard InChI is InChI=1S/C12H16N2O3/c1-17-11-4-2-3-10(11)14-12(16)8-5-9(15)7-13-6-8/h5-7,10-11,15H,2-4H2,1H3,(H,14,16). The fraction of sp³-hybridized carbons (Fsp3) is 0.500. The van der Waals surface area contributed by atoms with Gasteiger partial charge in [0.25, 0.3) is 5.91 Å². The van der Waals surface area contributed by atoms with Gasteiger partial charge in [-0.2, -0.15) is 0 Å². The van der Waals surface area contributed by atoms with Crippen molar-refractivity contribution in [3.05, 3.63) is 24.0 Å². The molecule has 1 amide bonds. The van der Waals surface area contributed by atoms with E-state index in [0.717, 1.165) is 19.3 Å². The number of hydrogen-bond donors (Lipinski definition) is 2. The van der Waals surface area contributed by atoms with E-state index in [-0.39, 0.29) is 23.8 Å². The Bertz CT molecular complexity index is 408. The van der Waals surface area contributed by atoms with Gasteiger partial charge in [-0.25, -0.2) is 0 Å². The lowest BCUT2D eigenvalue weighted by Crippen LogP contribution is -2.40. The molecule has 5 heteroatoms. The van der Waals surface area contributed by atoms with Crippen LogP contribution in [-0.2, 0) is 4.74 Å². The van der Waals surface area contributed by atoms with Gasteiger partial charge in [0, 0.05) is 13.3 Å². The molecule has 1 saturated carbocycles. The molecule has 17 heavy (non-hydrogen) atoms. The molecule has 0 aliphatic heterocycles. The van der Waals surface area contributed by atoms with Crippen LogP contribution in [0.15, 0.2) is 18.5 Å². The summed E-state index contributed by atoms with van der Waals surface area (Å²) in [6, 6.07) is 1.45. The minimum atomic E-state index is -0.220. The number of carbonyl (C=O) groups is 1. The smallest absolute Gasteiger partial charge is 0.253 e.